The van der Waals surface area contributed by atoms with Crippen molar-refractivity contribution in [3.05, 3.63) is 29.8 Å². The molecular weight excluding hydrogens is 222 g/mol. The van der Waals surface area contributed by atoms with E-state index in [0.29, 0.717) is 26.3 Å². The number of carbonyl (C=O) groups is 1. The molecule has 0 spiro atoms. The first-order valence-electron chi connectivity index (χ1n) is 5.37. The number of morpholine rings is 1. The van der Waals surface area contributed by atoms with E-state index >= 15 is 0 Å². The standard InChI is InChI=1S/C12H15NO2S/c1-10-4-2-3-5-11(10)16-12(14)13-6-8-15-9-7-13/h2-5H,6-9H2,1H3. The number of amides is 1. The number of aryl methyl sites for hydroxylation is 1. The maximum atomic E-state index is 12.0. The van der Waals surface area contributed by atoms with Gasteiger partial charge in [0.15, 0.2) is 0 Å². The molecule has 4 heteroatoms. The van der Waals surface area contributed by atoms with E-state index in [9.17, 15) is 4.79 Å². The smallest absolute Gasteiger partial charge is 0.286 e. The average molecular weight is 237 g/mol. The van der Waals surface area contributed by atoms with E-state index in [1.54, 1.807) is 0 Å². The summed E-state index contributed by atoms with van der Waals surface area (Å²) in [6.45, 7) is 4.74. The molecule has 0 saturated carbocycles. The minimum Gasteiger partial charge on any atom is -0.378 e. The minimum absolute atomic E-state index is 0.123. The molecule has 3 nitrogen and oxygen atoms in total. The zero-order valence-electron chi connectivity index (χ0n) is 9.31. The van der Waals surface area contributed by atoms with Crippen molar-refractivity contribution in [2.75, 3.05) is 26.3 Å². The second-order valence-electron chi connectivity index (χ2n) is 3.73. The summed E-state index contributed by atoms with van der Waals surface area (Å²) in [5, 5.41) is 0.123. The molecule has 0 N–H and O–H groups in total. The Morgan fingerprint density at radius 3 is 2.69 bits per heavy atom. The molecule has 0 bridgehead atoms. The van der Waals surface area contributed by atoms with Crippen molar-refractivity contribution < 1.29 is 9.53 Å². The molecule has 0 radical (unpaired) electrons. The molecule has 1 heterocycles. The van der Waals surface area contributed by atoms with Gasteiger partial charge in [-0.2, -0.15) is 0 Å². The van der Waals surface area contributed by atoms with Crippen LogP contribution in [0.15, 0.2) is 29.2 Å². The molecule has 86 valence electrons. The van der Waals surface area contributed by atoms with Crippen LogP contribution < -0.4 is 0 Å². The lowest BCUT2D eigenvalue weighted by Gasteiger charge is -2.26. The molecule has 1 aliphatic rings. The number of carbonyl (C=O) groups excluding carboxylic acids is 1. The topological polar surface area (TPSA) is 29.5 Å². The van der Waals surface area contributed by atoms with Gasteiger partial charge in [-0.25, -0.2) is 0 Å². The molecule has 1 aromatic rings. The van der Waals surface area contributed by atoms with Crippen molar-refractivity contribution in [3.63, 3.8) is 0 Å². The monoisotopic (exact) mass is 237 g/mol. The molecule has 1 aromatic carbocycles. The van der Waals surface area contributed by atoms with Gasteiger partial charge in [-0.15, -0.1) is 0 Å². The molecule has 0 unspecified atom stereocenters. The quantitative estimate of drug-likeness (QED) is 0.703. The first kappa shape index (κ1) is 11.5. The van der Waals surface area contributed by atoms with Crippen LogP contribution >= 0.6 is 11.8 Å². The summed E-state index contributed by atoms with van der Waals surface area (Å²) in [6.07, 6.45) is 0. The zero-order valence-corrected chi connectivity index (χ0v) is 10.1. The van der Waals surface area contributed by atoms with Crippen molar-refractivity contribution in [2.24, 2.45) is 0 Å². The third-order valence-electron chi connectivity index (χ3n) is 2.56. The van der Waals surface area contributed by atoms with Crippen LogP contribution in [0.1, 0.15) is 5.56 Å². The van der Waals surface area contributed by atoms with Crippen LogP contribution in [0.25, 0.3) is 0 Å². The number of hydrogen-bond donors (Lipinski definition) is 0. The lowest BCUT2D eigenvalue weighted by molar-refractivity contribution is 0.0593. The Balaban J connectivity index is 1.99. The van der Waals surface area contributed by atoms with E-state index in [0.717, 1.165) is 10.5 Å². The Morgan fingerprint density at radius 2 is 2.00 bits per heavy atom. The van der Waals surface area contributed by atoms with Crippen molar-refractivity contribution in [2.45, 2.75) is 11.8 Å². The largest absolute Gasteiger partial charge is 0.378 e. The average Bonchev–Trinajstić information content (AvgIpc) is 2.33. The molecule has 1 fully saturated rings. The third kappa shape index (κ3) is 2.77. The molecule has 1 amide bonds. The SMILES string of the molecule is Cc1ccccc1SC(=O)N1CCOCC1. The lowest BCUT2D eigenvalue weighted by atomic mass is 10.2. The van der Waals surface area contributed by atoms with Crippen LogP contribution in [0.4, 0.5) is 4.79 Å². The predicted molar refractivity (Wildman–Crippen MR) is 64.8 cm³/mol. The Kier molecular flexibility index (Phi) is 3.85. The van der Waals surface area contributed by atoms with E-state index in [1.807, 2.05) is 36.1 Å². The summed E-state index contributed by atoms with van der Waals surface area (Å²) in [5.74, 6) is 0. The van der Waals surface area contributed by atoms with Crippen molar-refractivity contribution in [3.8, 4) is 0 Å². The Labute approximate surface area is 99.8 Å². The Morgan fingerprint density at radius 1 is 1.31 bits per heavy atom. The molecule has 0 atom stereocenters. The summed E-state index contributed by atoms with van der Waals surface area (Å²) in [7, 11) is 0. The van der Waals surface area contributed by atoms with E-state index in [1.165, 1.54) is 11.8 Å². The normalized spacial score (nSPS) is 16.2. The van der Waals surface area contributed by atoms with Gasteiger partial charge in [-0.05, 0) is 30.3 Å². The van der Waals surface area contributed by atoms with Crippen LogP contribution in [-0.2, 0) is 4.74 Å². The number of thioether (sulfide) groups is 1. The number of benzene rings is 1. The number of ether oxygens (including phenoxy) is 1. The molecule has 2 rings (SSSR count). The van der Waals surface area contributed by atoms with Crippen LogP contribution in [0, 0.1) is 6.92 Å². The molecular formula is C12H15NO2S. The minimum atomic E-state index is 0.123. The lowest BCUT2D eigenvalue weighted by Crippen LogP contribution is -2.38. The molecule has 1 saturated heterocycles. The first-order valence-corrected chi connectivity index (χ1v) is 6.19. The van der Waals surface area contributed by atoms with Gasteiger partial charge >= 0.3 is 0 Å². The fourth-order valence-corrected chi connectivity index (χ4v) is 2.45. The van der Waals surface area contributed by atoms with Gasteiger partial charge in [0.25, 0.3) is 5.24 Å². The number of hydrogen-bond acceptors (Lipinski definition) is 3. The highest BCUT2D eigenvalue weighted by Gasteiger charge is 2.18. The summed E-state index contributed by atoms with van der Waals surface area (Å²) < 4.78 is 5.22. The fraction of sp³-hybridized carbons (Fsp3) is 0.417. The predicted octanol–water partition coefficient (Wildman–Crippen LogP) is 2.54. The van der Waals surface area contributed by atoms with Gasteiger partial charge in [0, 0.05) is 18.0 Å². The highest BCUT2D eigenvalue weighted by molar-refractivity contribution is 8.13. The number of nitrogens with zero attached hydrogens (tertiary/aromatic N) is 1. The van der Waals surface area contributed by atoms with Gasteiger partial charge in [0.1, 0.15) is 0 Å². The van der Waals surface area contributed by atoms with E-state index in [-0.39, 0.29) is 5.24 Å². The molecule has 16 heavy (non-hydrogen) atoms. The van der Waals surface area contributed by atoms with Gasteiger partial charge in [0.2, 0.25) is 0 Å². The van der Waals surface area contributed by atoms with Crippen LogP contribution in [0.5, 0.6) is 0 Å². The van der Waals surface area contributed by atoms with Gasteiger partial charge in [-0.1, -0.05) is 18.2 Å². The number of rotatable bonds is 1. The summed E-state index contributed by atoms with van der Waals surface area (Å²) in [6, 6.07) is 7.95. The Bertz CT molecular complexity index is 375. The molecule has 0 aliphatic carbocycles. The van der Waals surface area contributed by atoms with Crippen molar-refractivity contribution in [1.82, 2.24) is 4.90 Å². The third-order valence-corrected chi connectivity index (χ3v) is 3.67. The van der Waals surface area contributed by atoms with Gasteiger partial charge in [0.05, 0.1) is 13.2 Å². The Hall–Kier alpha value is -1.00. The summed E-state index contributed by atoms with van der Waals surface area (Å²) in [5.41, 5.74) is 1.15. The van der Waals surface area contributed by atoms with Crippen molar-refractivity contribution >= 4 is 17.0 Å². The van der Waals surface area contributed by atoms with E-state index < -0.39 is 0 Å². The summed E-state index contributed by atoms with van der Waals surface area (Å²) >= 11 is 1.31. The fourth-order valence-electron chi connectivity index (χ4n) is 1.58. The molecule has 1 aliphatic heterocycles. The highest BCUT2D eigenvalue weighted by Crippen LogP contribution is 2.24. The maximum Gasteiger partial charge on any atom is 0.286 e. The van der Waals surface area contributed by atoms with Crippen molar-refractivity contribution in [1.29, 1.82) is 0 Å². The highest BCUT2D eigenvalue weighted by atomic mass is 32.2. The van der Waals surface area contributed by atoms with Crippen LogP contribution in [-0.4, -0.2) is 36.4 Å². The van der Waals surface area contributed by atoms with Crippen LogP contribution in [0.2, 0.25) is 0 Å². The summed E-state index contributed by atoms with van der Waals surface area (Å²) in [4.78, 5) is 14.8. The second-order valence-corrected chi connectivity index (χ2v) is 4.73. The molecule has 0 aromatic heterocycles. The van der Waals surface area contributed by atoms with Crippen LogP contribution in [0.3, 0.4) is 0 Å². The van der Waals surface area contributed by atoms with E-state index in [4.69, 9.17) is 4.74 Å². The van der Waals surface area contributed by atoms with Gasteiger partial charge < -0.3 is 9.64 Å². The zero-order chi connectivity index (χ0) is 11.4. The first-order chi connectivity index (χ1) is 7.77. The van der Waals surface area contributed by atoms with Gasteiger partial charge in [-0.3, -0.25) is 4.79 Å². The second kappa shape index (κ2) is 5.37. The maximum absolute atomic E-state index is 12.0. The van der Waals surface area contributed by atoms with E-state index in [2.05, 4.69) is 0 Å².